The molecule has 0 spiro atoms. The van der Waals surface area contributed by atoms with E-state index >= 15 is 0 Å². The average Bonchev–Trinajstić information content (AvgIpc) is 2.59. The van der Waals surface area contributed by atoms with Gasteiger partial charge >= 0.3 is 0 Å². The number of aromatic amines is 1. The molecule has 0 atom stereocenters. The minimum Gasteiger partial charge on any atom is -0.410 e. The first-order valence-corrected chi connectivity index (χ1v) is 4.62. The Morgan fingerprint density at radius 3 is 2.93 bits per heavy atom. The van der Waals surface area contributed by atoms with Crippen LogP contribution in [0, 0.1) is 0 Å². The molecule has 72 valence electrons. The van der Waals surface area contributed by atoms with Crippen molar-refractivity contribution in [2.45, 2.75) is 0 Å². The van der Waals surface area contributed by atoms with E-state index < -0.39 is 0 Å². The van der Waals surface area contributed by atoms with Crippen LogP contribution in [0.2, 0.25) is 5.02 Å². The summed E-state index contributed by atoms with van der Waals surface area (Å²) in [5, 5.41) is 13.0. The van der Waals surface area contributed by atoms with Crippen LogP contribution in [0.5, 0.6) is 0 Å². The first kappa shape index (κ1) is 9.37. The van der Waals surface area contributed by atoms with E-state index in [-0.39, 0.29) is 5.17 Å². The van der Waals surface area contributed by atoms with E-state index in [9.17, 15) is 0 Å². The van der Waals surface area contributed by atoms with E-state index in [2.05, 4.69) is 10.1 Å². The molecule has 1 aromatic heterocycles. The highest BCUT2D eigenvalue weighted by molar-refractivity contribution is 6.70. The number of fused-ring (bicyclic) bond motifs is 1. The third kappa shape index (κ3) is 1.45. The van der Waals surface area contributed by atoms with Gasteiger partial charge in [-0.2, -0.15) is 0 Å². The highest BCUT2D eigenvalue weighted by Gasteiger charge is 2.08. The summed E-state index contributed by atoms with van der Waals surface area (Å²) in [7, 11) is 0. The van der Waals surface area contributed by atoms with Crippen LogP contribution in [0.3, 0.4) is 0 Å². The fourth-order valence-corrected chi connectivity index (χ4v) is 1.65. The topological polar surface area (TPSA) is 48.4 Å². The largest absolute Gasteiger partial charge is 0.410 e. The van der Waals surface area contributed by atoms with Gasteiger partial charge < -0.3 is 10.2 Å². The number of halogens is 2. The monoisotopic (exact) mass is 228 g/mol. The molecule has 0 aliphatic heterocycles. The maximum absolute atomic E-state index is 8.54. The van der Waals surface area contributed by atoms with Crippen LogP contribution >= 0.6 is 23.2 Å². The number of benzene rings is 1. The van der Waals surface area contributed by atoms with Crippen molar-refractivity contribution in [1.82, 2.24) is 4.98 Å². The number of H-pyrrole nitrogens is 1. The Morgan fingerprint density at radius 1 is 1.43 bits per heavy atom. The molecule has 0 saturated heterocycles. The number of hydrogen-bond donors (Lipinski definition) is 2. The lowest BCUT2D eigenvalue weighted by Gasteiger charge is -1.94. The molecule has 0 radical (unpaired) electrons. The van der Waals surface area contributed by atoms with Crippen molar-refractivity contribution in [3.05, 3.63) is 35.0 Å². The van der Waals surface area contributed by atoms with E-state index in [1.165, 1.54) is 0 Å². The summed E-state index contributed by atoms with van der Waals surface area (Å²) in [6.07, 6.45) is 1.67. The maximum Gasteiger partial charge on any atom is 0.177 e. The van der Waals surface area contributed by atoms with Crippen molar-refractivity contribution in [1.29, 1.82) is 0 Å². The van der Waals surface area contributed by atoms with Crippen molar-refractivity contribution in [3.63, 3.8) is 0 Å². The number of oxime groups is 1. The molecule has 0 bridgehead atoms. The van der Waals surface area contributed by atoms with E-state index in [0.717, 1.165) is 10.9 Å². The van der Waals surface area contributed by atoms with Crippen LogP contribution in [0.25, 0.3) is 10.9 Å². The quantitative estimate of drug-likeness (QED) is 0.440. The Balaban J connectivity index is 2.70. The van der Waals surface area contributed by atoms with Crippen molar-refractivity contribution in [3.8, 4) is 0 Å². The Hall–Kier alpha value is -1.19. The zero-order chi connectivity index (χ0) is 10.1. The third-order valence-electron chi connectivity index (χ3n) is 1.95. The van der Waals surface area contributed by atoms with Gasteiger partial charge in [0.25, 0.3) is 0 Å². The molecular formula is C9H6Cl2N2O. The minimum atomic E-state index is 0.0542. The second kappa shape index (κ2) is 3.52. The van der Waals surface area contributed by atoms with Gasteiger partial charge in [-0.05, 0) is 12.1 Å². The average molecular weight is 229 g/mol. The van der Waals surface area contributed by atoms with Crippen molar-refractivity contribution in [2.75, 3.05) is 0 Å². The lowest BCUT2D eigenvalue weighted by atomic mass is 10.2. The molecule has 0 aliphatic rings. The molecular weight excluding hydrogens is 223 g/mol. The van der Waals surface area contributed by atoms with Gasteiger partial charge in [-0.1, -0.05) is 34.4 Å². The standard InChI is InChI=1S/C9H6Cl2N2O/c10-5-1-2-6-7(9(11)13-14)4-12-8(6)3-5/h1-4,12,14H/b13-9+. The molecule has 1 heterocycles. The number of nitrogens with zero attached hydrogens (tertiary/aromatic N) is 1. The molecule has 14 heavy (non-hydrogen) atoms. The predicted octanol–water partition coefficient (Wildman–Crippen LogP) is 3.20. The summed E-state index contributed by atoms with van der Waals surface area (Å²) >= 11 is 11.5. The Morgan fingerprint density at radius 2 is 2.21 bits per heavy atom. The summed E-state index contributed by atoms with van der Waals surface area (Å²) in [5.74, 6) is 0. The first-order chi connectivity index (χ1) is 6.72. The van der Waals surface area contributed by atoms with Crippen LogP contribution in [-0.2, 0) is 0 Å². The van der Waals surface area contributed by atoms with Gasteiger partial charge in [0.05, 0.1) is 0 Å². The summed E-state index contributed by atoms with van der Waals surface area (Å²) in [5.41, 5.74) is 1.51. The Kier molecular flexibility index (Phi) is 2.35. The number of nitrogens with one attached hydrogen (secondary N) is 1. The van der Waals surface area contributed by atoms with Crippen LogP contribution < -0.4 is 0 Å². The zero-order valence-electron chi connectivity index (χ0n) is 6.96. The molecule has 0 unspecified atom stereocenters. The SMILES string of the molecule is O/N=C(/Cl)c1c[nH]c2cc(Cl)ccc12. The summed E-state index contributed by atoms with van der Waals surface area (Å²) in [6, 6.07) is 5.35. The second-order valence-corrected chi connectivity index (χ2v) is 3.58. The number of aromatic nitrogens is 1. The predicted molar refractivity (Wildman–Crippen MR) is 57.5 cm³/mol. The minimum absolute atomic E-state index is 0.0542. The van der Waals surface area contributed by atoms with Crippen LogP contribution in [-0.4, -0.2) is 15.4 Å². The molecule has 0 fully saturated rings. The molecule has 0 amide bonds. The Bertz CT molecular complexity index is 504. The van der Waals surface area contributed by atoms with Crippen molar-refractivity contribution >= 4 is 39.3 Å². The lowest BCUT2D eigenvalue weighted by molar-refractivity contribution is 0.321. The first-order valence-electron chi connectivity index (χ1n) is 3.87. The second-order valence-electron chi connectivity index (χ2n) is 2.78. The molecule has 0 saturated carbocycles. The van der Waals surface area contributed by atoms with Crippen LogP contribution in [0.15, 0.2) is 29.6 Å². The summed E-state index contributed by atoms with van der Waals surface area (Å²) in [6.45, 7) is 0. The van der Waals surface area contributed by atoms with Gasteiger partial charge in [0, 0.05) is 27.7 Å². The molecule has 3 nitrogen and oxygen atoms in total. The van der Waals surface area contributed by atoms with Gasteiger partial charge in [0.15, 0.2) is 5.17 Å². The van der Waals surface area contributed by atoms with E-state index in [0.29, 0.717) is 10.6 Å². The highest BCUT2D eigenvalue weighted by atomic mass is 35.5. The van der Waals surface area contributed by atoms with Gasteiger partial charge in [-0.25, -0.2) is 0 Å². The Labute approximate surface area is 89.9 Å². The van der Waals surface area contributed by atoms with Crippen LogP contribution in [0.4, 0.5) is 0 Å². The molecule has 2 N–H and O–H groups in total. The fraction of sp³-hybridized carbons (Fsp3) is 0. The molecule has 1 aromatic carbocycles. The van der Waals surface area contributed by atoms with Gasteiger partial charge in [0.1, 0.15) is 0 Å². The summed E-state index contributed by atoms with van der Waals surface area (Å²) < 4.78 is 0. The zero-order valence-corrected chi connectivity index (χ0v) is 8.47. The molecule has 2 aromatic rings. The third-order valence-corrected chi connectivity index (χ3v) is 2.47. The number of hydrogen-bond acceptors (Lipinski definition) is 2. The summed E-state index contributed by atoms with van der Waals surface area (Å²) in [4.78, 5) is 2.98. The molecule has 2 rings (SSSR count). The lowest BCUT2D eigenvalue weighted by Crippen LogP contribution is -1.87. The van der Waals surface area contributed by atoms with Crippen LogP contribution in [0.1, 0.15) is 5.56 Å². The fourth-order valence-electron chi connectivity index (χ4n) is 1.32. The smallest absolute Gasteiger partial charge is 0.177 e. The van der Waals surface area contributed by atoms with Gasteiger partial charge in [-0.15, -0.1) is 0 Å². The van der Waals surface area contributed by atoms with Crippen molar-refractivity contribution < 1.29 is 5.21 Å². The van der Waals surface area contributed by atoms with E-state index in [4.69, 9.17) is 28.4 Å². The van der Waals surface area contributed by atoms with Gasteiger partial charge in [0.2, 0.25) is 0 Å². The highest BCUT2D eigenvalue weighted by Crippen LogP contribution is 2.23. The molecule has 5 heteroatoms. The van der Waals surface area contributed by atoms with Crippen molar-refractivity contribution in [2.24, 2.45) is 5.16 Å². The van der Waals surface area contributed by atoms with Gasteiger partial charge in [-0.3, -0.25) is 0 Å². The van der Waals surface area contributed by atoms with E-state index in [1.807, 2.05) is 6.07 Å². The normalized spacial score (nSPS) is 12.3. The van der Waals surface area contributed by atoms with E-state index in [1.54, 1.807) is 18.3 Å². The maximum atomic E-state index is 8.54. The molecule has 0 aliphatic carbocycles. The number of rotatable bonds is 1.